The highest BCUT2D eigenvalue weighted by atomic mass is 35.5. The lowest BCUT2D eigenvalue weighted by molar-refractivity contribution is -0.133. The summed E-state index contributed by atoms with van der Waals surface area (Å²) in [6.07, 6.45) is 1.31. The van der Waals surface area contributed by atoms with Crippen LogP contribution in [0.15, 0.2) is 58.5 Å². The van der Waals surface area contributed by atoms with Crippen LogP contribution >= 0.6 is 11.6 Å². The minimum Gasteiger partial charge on any atom is -0.338 e. The quantitative estimate of drug-likeness (QED) is 0.586. The molecule has 1 aliphatic rings. The van der Waals surface area contributed by atoms with Crippen molar-refractivity contribution in [2.75, 3.05) is 26.2 Å². The van der Waals surface area contributed by atoms with Crippen molar-refractivity contribution < 1.29 is 17.6 Å². The Bertz CT molecular complexity index is 1320. The third-order valence-electron chi connectivity index (χ3n) is 5.12. The third kappa shape index (κ3) is 4.32. The lowest BCUT2D eigenvalue weighted by Gasteiger charge is -2.34. The molecule has 3 aromatic rings. The molecule has 1 fully saturated rings. The molecular formula is C20H18ClFN4O4S. The summed E-state index contributed by atoms with van der Waals surface area (Å²) < 4.78 is 41.2. The number of amides is 1. The average Bonchev–Trinajstić information content (AvgIpc) is 2.76. The Morgan fingerprint density at radius 2 is 1.84 bits per heavy atom. The molecule has 0 atom stereocenters. The molecule has 2 aromatic carbocycles. The van der Waals surface area contributed by atoms with E-state index in [-0.39, 0.29) is 49.1 Å². The number of carbonyl (C=O) groups excluding carboxylic acids is 1. The van der Waals surface area contributed by atoms with Crippen LogP contribution in [-0.2, 0) is 21.4 Å². The molecule has 8 nitrogen and oxygen atoms in total. The summed E-state index contributed by atoms with van der Waals surface area (Å²) in [6.45, 7) is 0.255. The van der Waals surface area contributed by atoms with Crippen LogP contribution in [0.25, 0.3) is 10.9 Å². The van der Waals surface area contributed by atoms with Crippen molar-refractivity contribution in [1.29, 1.82) is 0 Å². The molecule has 1 aliphatic heterocycles. The van der Waals surface area contributed by atoms with E-state index < -0.39 is 15.8 Å². The molecule has 0 N–H and O–H groups in total. The van der Waals surface area contributed by atoms with E-state index in [1.807, 2.05) is 0 Å². The highest BCUT2D eigenvalue weighted by Crippen LogP contribution is 2.19. The maximum Gasteiger partial charge on any atom is 0.261 e. The van der Waals surface area contributed by atoms with Gasteiger partial charge in [-0.15, -0.1) is 0 Å². The molecule has 0 unspecified atom stereocenters. The van der Waals surface area contributed by atoms with Gasteiger partial charge in [-0.2, -0.15) is 4.31 Å². The maximum atomic E-state index is 13.4. The fourth-order valence-electron chi connectivity index (χ4n) is 3.44. The van der Waals surface area contributed by atoms with E-state index in [0.29, 0.717) is 15.9 Å². The molecule has 162 valence electrons. The van der Waals surface area contributed by atoms with Crippen LogP contribution in [0.5, 0.6) is 0 Å². The van der Waals surface area contributed by atoms with Crippen LogP contribution in [0.4, 0.5) is 4.39 Å². The molecule has 11 heteroatoms. The van der Waals surface area contributed by atoms with Crippen molar-refractivity contribution in [2.24, 2.45) is 0 Å². The summed E-state index contributed by atoms with van der Waals surface area (Å²) in [5.41, 5.74) is 0.0995. The number of aromatic nitrogens is 2. The first kappa shape index (κ1) is 21.4. The Labute approximate surface area is 182 Å². The summed E-state index contributed by atoms with van der Waals surface area (Å²) in [5, 5.41) is 0.708. The van der Waals surface area contributed by atoms with Crippen molar-refractivity contribution >= 4 is 38.4 Å². The Kier molecular flexibility index (Phi) is 5.78. The number of fused-ring (bicyclic) bond motifs is 1. The molecule has 0 saturated carbocycles. The average molecular weight is 465 g/mol. The summed E-state index contributed by atoms with van der Waals surface area (Å²) >= 11 is 5.95. The first-order valence-corrected chi connectivity index (χ1v) is 11.3. The Balaban J connectivity index is 1.45. The van der Waals surface area contributed by atoms with Gasteiger partial charge in [-0.3, -0.25) is 14.2 Å². The topological polar surface area (TPSA) is 92.6 Å². The zero-order chi connectivity index (χ0) is 22.2. The number of piperazine rings is 1. The monoisotopic (exact) mass is 464 g/mol. The minimum atomic E-state index is -3.85. The number of hydrogen-bond donors (Lipinski definition) is 0. The van der Waals surface area contributed by atoms with Crippen molar-refractivity contribution in [1.82, 2.24) is 18.8 Å². The predicted molar refractivity (Wildman–Crippen MR) is 113 cm³/mol. The van der Waals surface area contributed by atoms with Gasteiger partial charge in [-0.1, -0.05) is 17.7 Å². The number of nitrogens with zero attached hydrogens (tertiary/aromatic N) is 4. The number of halogens is 2. The normalized spacial score (nSPS) is 15.4. The molecule has 0 spiro atoms. The van der Waals surface area contributed by atoms with Crippen LogP contribution in [0.3, 0.4) is 0 Å². The first-order chi connectivity index (χ1) is 14.8. The molecule has 0 radical (unpaired) electrons. The first-order valence-electron chi connectivity index (χ1n) is 9.44. The number of carbonyl (C=O) groups is 1. The zero-order valence-corrected chi connectivity index (χ0v) is 17.8. The van der Waals surface area contributed by atoms with Crippen LogP contribution in [0.1, 0.15) is 0 Å². The highest BCUT2D eigenvalue weighted by molar-refractivity contribution is 7.89. The Morgan fingerprint density at radius 1 is 1.10 bits per heavy atom. The van der Waals surface area contributed by atoms with Gasteiger partial charge in [0.05, 0.1) is 22.1 Å². The third-order valence-corrected chi connectivity index (χ3v) is 7.25. The second-order valence-corrected chi connectivity index (χ2v) is 9.46. The van der Waals surface area contributed by atoms with Crippen molar-refractivity contribution in [3.05, 3.63) is 70.0 Å². The molecule has 1 saturated heterocycles. The van der Waals surface area contributed by atoms with Gasteiger partial charge >= 0.3 is 0 Å². The van der Waals surface area contributed by atoms with Gasteiger partial charge in [-0.05, 0) is 36.4 Å². The largest absolute Gasteiger partial charge is 0.338 e. The van der Waals surface area contributed by atoms with Crippen molar-refractivity contribution in [3.8, 4) is 0 Å². The molecule has 1 amide bonds. The number of rotatable bonds is 4. The highest BCUT2D eigenvalue weighted by Gasteiger charge is 2.30. The molecule has 4 rings (SSSR count). The summed E-state index contributed by atoms with van der Waals surface area (Å²) in [6, 6.07) is 9.58. The lowest BCUT2D eigenvalue weighted by atomic mass is 10.2. The van der Waals surface area contributed by atoms with Crippen LogP contribution in [-0.4, -0.2) is 59.3 Å². The number of benzene rings is 2. The van der Waals surface area contributed by atoms with Gasteiger partial charge in [-0.25, -0.2) is 17.8 Å². The molecule has 31 heavy (non-hydrogen) atoms. The number of sulfonamides is 1. The second kappa shape index (κ2) is 8.37. The lowest BCUT2D eigenvalue weighted by Crippen LogP contribution is -2.51. The molecule has 0 bridgehead atoms. The smallest absolute Gasteiger partial charge is 0.261 e. The molecular weight excluding hydrogens is 447 g/mol. The SMILES string of the molecule is O=C(Cn1cnc2ccc(Cl)cc2c1=O)N1CCN(S(=O)(=O)c2cccc(F)c2)CC1. The van der Waals surface area contributed by atoms with Gasteiger partial charge < -0.3 is 4.90 Å². The van der Waals surface area contributed by atoms with Crippen LogP contribution < -0.4 is 5.56 Å². The van der Waals surface area contributed by atoms with Gasteiger partial charge in [0.2, 0.25) is 15.9 Å². The minimum absolute atomic E-state index is 0.0745. The predicted octanol–water partition coefficient (Wildman–Crippen LogP) is 1.72. The van der Waals surface area contributed by atoms with E-state index in [1.54, 1.807) is 12.1 Å². The standard InChI is InChI=1S/C20H18ClFN4O4S/c21-14-4-5-18-17(10-14)20(28)25(13-23-18)12-19(27)24-6-8-26(9-7-24)31(29,30)16-3-1-2-15(22)11-16/h1-5,10-11,13H,6-9,12H2. The number of hydrogen-bond acceptors (Lipinski definition) is 5. The van der Waals surface area contributed by atoms with E-state index in [4.69, 9.17) is 11.6 Å². The fraction of sp³-hybridized carbons (Fsp3) is 0.250. The van der Waals surface area contributed by atoms with E-state index in [9.17, 15) is 22.4 Å². The van der Waals surface area contributed by atoms with Crippen molar-refractivity contribution in [3.63, 3.8) is 0 Å². The van der Waals surface area contributed by atoms with E-state index in [0.717, 1.165) is 6.07 Å². The summed E-state index contributed by atoms with van der Waals surface area (Å²) in [7, 11) is -3.85. The van der Waals surface area contributed by atoms with E-state index in [1.165, 1.54) is 44.4 Å². The zero-order valence-electron chi connectivity index (χ0n) is 16.2. The van der Waals surface area contributed by atoms with Crippen molar-refractivity contribution in [2.45, 2.75) is 11.4 Å². The van der Waals surface area contributed by atoms with E-state index in [2.05, 4.69) is 4.98 Å². The molecule has 2 heterocycles. The molecule has 1 aromatic heterocycles. The van der Waals surface area contributed by atoms with Gasteiger partial charge in [0, 0.05) is 31.2 Å². The Morgan fingerprint density at radius 3 is 2.55 bits per heavy atom. The second-order valence-electron chi connectivity index (χ2n) is 7.08. The van der Waals surface area contributed by atoms with Crippen LogP contribution in [0, 0.1) is 5.82 Å². The van der Waals surface area contributed by atoms with Crippen LogP contribution in [0.2, 0.25) is 5.02 Å². The molecule has 0 aliphatic carbocycles. The van der Waals surface area contributed by atoms with Gasteiger partial charge in [0.15, 0.2) is 0 Å². The Hall–Kier alpha value is -2.82. The summed E-state index contributed by atoms with van der Waals surface area (Å²) in [4.78, 5) is 30.9. The summed E-state index contributed by atoms with van der Waals surface area (Å²) in [5.74, 6) is -0.960. The maximum absolute atomic E-state index is 13.4. The van der Waals surface area contributed by atoms with Gasteiger partial charge in [0.25, 0.3) is 5.56 Å². The van der Waals surface area contributed by atoms with Gasteiger partial charge in [0.1, 0.15) is 12.4 Å². The van der Waals surface area contributed by atoms with E-state index >= 15 is 0 Å². The fourth-order valence-corrected chi connectivity index (χ4v) is 5.07.